The molecule has 1 unspecified atom stereocenters. The third-order valence-electron chi connectivity index (χ3n) is 2.40. The lowest BCUT2D eigenvalue weighted by molar-refractivity contribution is 0.461. The molecular weight excluding hydrogens is 182 g/mol. The fourth-order valence-electron chi connectivity index (χ4n) is 1.64. The Kier molecular flexibility index (Phi) is 2.45. The molecule has 1 aliphatic heterocycles. The van der Waals surface area contributed by atoms with E-state index in [0.717, 1.165) is 19.5 Å². The summed E-state index contributed by atoms with van der Waals surface area (Å²) in [7, 11) is 0. The number of nitrogens with zero attached hydrogens (tertiary/aromatic N) is 3. The van der Waals surface area contributed by atoms with Crippen LogP contribution in [0.3, 0.4) is 0 Å². The molecule has 1 aromatic rings. The van der Waals surface area contributed by atoms with Gasteiger partial charge in [-0.2, -0.15) is 4.98 Å². The van der Waals surface area contributed by atoms with Crippen LogP contribution in [0.4, 0.5) is 5.95 Å². The molecule has 2 rings (SSSR count). The molecule has 0 amide bonds. The molecule has 3 N–H and O–H groups in total. The lowest BCUT2D eigenvalue weighted by atomic mass is 10.1. The lowest BCUT2D eigenvalue weighted by Gasteiger charge is -2.09. The SMILES string of the molecule is Nc1ncn(CC2CCNC2)c(=O)n1. The molecule has 6 heteroatoms. The fourth-order valence-corrected chi connectivity index (χ4v) is 1.64. The van der Waals surface area contributed by atoms with Gasteiger partial charge in [0.2, 0.25) is 5.95 Å². The molecule has 0 aromatic carbocycles. The van der Waals surface area contributed by atoms with Crippen molar-refractivity contribution >= 4 is 5.95 Å². The Morgan fingerprint density at radius 3 is 3.21 bits per heavy atom. The van der Waals surface area contributed by atoms with Gasteiger partial charge in [0.15, 0.2) is 0 Å². The first kappa shape index (κ1) is 9.14. The van der Waals surface area contributed by atoms with Crippen molar-refractivity contribution in [3.05, 3.63) is 16.8 Å². The van der Waals surface area contributed by atoms with Crippen LogP contribution >= 0.6 is 0 Å². The maximum atomic E-state index is 11.3. The summed E-state index contributed by atoms with van der Waals surface area (Å²) in [4.78, 5) is 18.7. The minimum Gasteiger partial charge on any atom is -0.368 e. The summed E-state index contributed by atoms with van der Waals surface area (Å²) in [6, 6.07) is 0. The van der Waals surface area contributed by atoms with Gasteiger partial charge in [-0.3, -0.25) is 4.57 Å². The minimum atomic E-state index is -0.315. The van der Waals surface area contributed by atoms with Gasteiger partial charge in [-0.05, 0) is 25.4 Å². The van der Waals surface area contributed by atoms with Gasteiger partial charge in [0.1, 0.15) is 6.33 Å². The number of aromatic nitrogens is 3. The van der Waals surface area contributed by atoms with Crippen molar-refractivity contribution in [1.29, 1.82) is 0 Å². The second-order valence-electron chi connectivity index (χ2n) is 3.51. The smallest absolute Gasteiger partial charge is 0.352 e. The number of anilines is 1. The van der Waals surface area contributed by atoms with E-state index < -0.39 is 0 Å². The quantitative estimate of drug-likeness (QED) is 0.621. The van der Waals surface area contributed by atoms with Crippen molar-refractivity contribution in [3.8, 4) is 0 Å². The minimum absolute atomic E-state index is 0.0378. The Hall–Kier alpha value is -1.43. The van der Waals surface area contributed by atoms with Crippen LogP contribution in [0.15, 0.2) is 11.1 Å². The summed E-state index contributed by atoms with van der Waals surface area (Å²) in [5.74, 6) is 0.538. The van der Waals surface area contributed by atoms with Gasteiger partial charge in [-0.1, -0.05) is 0 Å². The number of rotatable bonds is 2. The van der Waals surface area contributed by atoms with Crippen molar-refractivity contribution < 1.29 is 0 Å². The van der Waals surface area contributed by atoms with Crippen molar-refractivity contribution in [3.63, 3.8) is 0 Å². The number of nitrogens with two attached hydrogens (primary N) is 1. The van der Waals surface area contributed by atoms with Gasteiger partial charge >= 0.3 is 5.69 Å². The number of hydrogen-bond donors (Lipinski definition) is 2. The van der Waals surface area contributed by atoms with E-state index in [2.05, 4.69) is 15.3 Å². The van der Waals surface area contributed by atoms with Crippen LogP contribution in [-0.4, -0.2) is 27.6 Å². The molecular formula is C8H13N5O. The number of nitrogen functional groups attached to an aromatic ring is 1. The molecule has 1 fully saturated rings. The summed E-state index contributed by atoms with van der Waals surface area (Å²) in [5, 5.41) is 3.24. The van der Waals surface area contributed by atoms with Crippen LogP contribution in [0.25, 0.3) is 0 Å². The average Bonchev–Trinajstić information content (AvgIpc) is 2.62. The lowest BCUT2D eigenvalue weighted by Crippen LogP contribution is -2.28. The second kappa shape index (κ2) is 3.75. The zero-order valence-corrected chi connectivity index (χ0v) is 7.81. The zero-order valence-electron chi connectivity index (χ0n) is 7.81. The maximum absolute atomic E-state index is 11.3. The molecule has 76 valence electrons. The Bertz CT molecular complexity index is 368. The summed E-state index contributed by atoms with van der Waals surface area (Å²) in [5.41, 5.74) is 4.97. The molecule has 1 atom stereocenters. The Labute approximate surface area is 81.2 Å². The molecule has 1 aliphatic rings. The van der Waals surface area contributed by atoms with Crippen molar-refractivity contribution in [2.24, 2.45) is 5.92 Å². The van der Waals surface area contributed by atoms with Gasteiger partial charge in [-0.25, -0.2) is 9.78 Å². The topological polar surface area (TPSA) is 85.8 Å². The van der Waals surface area contributed by atoms with Crippen LogP contribution in [-0.2, 0) is 6.54 Å². The number of hydrogen-bond acceptors (Lipinski definition) is 5. The van der Waals surface area contributed by atoms with Crippen LogP contribution in [0.5, 0.6) is 0 Å². The van der Waals surface area contributed by atoms with Gasteiger partial charge in [0, 0.05) is 6.54 Å². The van der Waals surface area contributed by atoms with E-state index in [-0.39, 0.29) is 11.6 Å². The highest BCUT2D eigenvalue weighted by Crippen LogP contribution is 2.08. The van der Waals surface area contributed by atoms with E-state index in [1.54, 1.807) is 0 Å². The molecule has 6 nitrogen and oxygen atoms in total. The van der Waals surface area contributed by atoms with Crippen LogP contribution < -0.4 is 16.7 Å². The summed E-state index contributed by atoms with van der Waals surface area (Å²) < 4.78 is 1.51. The van der Waals surface area contributed by atoms with Gasteiger partial charge in [-0.15, -0.1) is 0 Å². The molecule has 0 aliphatic carbocycles. The molecule has 0 radical (unpaired) electrons. The molecule has 0 saturated carbocycles. The molecule has 0 bridgehead atoms. The summed E-state index contributed by atoms with van der Waals surface area (Å²) in [6.07, 6.45) is 2.56. The van der Waals surface area contributed by atoms with Gasteiger partial charge < -0.3 is 11.1 Å². The largest absolute Gasteiger partial charge is 0.368 e. The van der Waals surface area contributed by atoms with Crippen molar-refractivity contribution in [2.45, 2.75) is 13.0 Å². The van der Waals surface area contributed by atoms with E-state index in [9.17, 15) is 4.79 Å². The molecule has 2 heterocycles. The maximum Gasteiger partial charge on any atom is 0.352 e. The summed E-state index contributed by atoms with van der Waals surface area (Å²) >= 11 is 0. The Morgan fingerprint density at radius 2 is 2.57 bits per heavy atom. The standard InChI is InChI=1S/C8H13N5O/c9-7-11-5-13(8(14)12-7)4-6-1-2-10-3-6/h5-6,10H,1-4H2,(H2,9,12,14). The van der Waals surface area contributed by atoms with Crippen LogP contribution in [0.1, 0.15) is 6.42 Å². The third kappa shape index (κ3) is 1.90. The Balaban J connectivity index is 2.12. The van der Waals surface area contributed by atoms with Crippen molar-refractivity contribution in [1.82, 2.24) is 19.9 Å². The van der Waals surface area contributed by atoms with E-state index in [1.165, 1.54) is 10.9 Å². The van der Waals surface area contributed by atoms with Gasteiger partial charge in [0.05, 0.1) is 0 Å². The van der Waals surface area contributed by atoms with Crippen molar-refractivity contribution in [2.75, 3.05) is 18.8 Å². The molecule has 14 heavy (non-hydrogen) atoms. The first-order chi connectivity index (χ1) is 6.75. The molecule has 1 saturated heterocycles. The highest BCUT2D eigenvalue weighted by molar-refractivity contribution is 5.09. The monoisotopic (exact) mass is 195 g/mol. The van der Waals surface area contributed by atoms with E-state index in [4.69, 9.17) is 5.73 Å². The third-order valence-corrected chi connectivity index (χ3v) is 2.40. The van der Waals surface area contributed by atoms with E-state index >= 15 is 0 Å². The predicted molar refractivity (Wildman–Crippen MR) is 51.7 cm³/mol. The molecule has 0 spiro atoms. The average molecular weight is 195 g/mol. The second-order valence-corrected chi connectivity index (χ2v) is 3.51. The highest BCUT2D eigenvalue weighted by Gasteiger charge is 2.15. The summed E-state index contributed by atoms with van der Waals surface area (Å²) in [6.45, 7) is 2.65. The van der Waals surface area contributed by atoms with Gasteiger partial charge in [0.25, 0.3) is 0 Å². The number of nitrogens with one attached hydrogen (secondary N) is 1. The highest BCUT2D eigenvalue weighted by atomic mass is 16.1. The first-order valence-electron chi connectivity index (χ1n) is 4.65. The van der Waals surface area contributed by atoms with E-state index in [0.29, 0.717) is 12.5 Å². The predicted octanol–water partition coefficient (Wildman–Crippen LogP) is -1.17. The first-order valence-corrected chi connectivity index (χ1v) is 4.65. The van der Waals surface area contributed by atoms with E-state index in [1.807, 2.05) is 0 Å². The normalized spacial score (nSPS) is 21.3. The molecule has 1 aromatic heterocycles. The van der Waals surface area contributed by atoms with Crippen LogP contribution in [0, 0.1) is 5.92 Å². The Morgan fingerprint density at radius 1 is 1.71 bits per heavy atom. The van der Waals surface area contributed by atoms with Crippen LogP contribution in [0.2, 0.25) is 0 Å². The zero-order chi connectivity index (χ0) is 9.97. The fraction of sp³-hybridized carbons (Fsp3) is 0.625.